The van der Waals surface area contributed by atoms with Gasteiger partial charge in [-0.25, -0.2) is 4.39 Å². The molecule has 0 aliphatic heterocycles. The second-order valence-electron chi connectivity index (χ2n) is 6.36. The van der Waals surface area contributed by atoms with E-state index in [1.54, 1.807) is 31.2 Å². The summed E-state index contributed by atoms with van der Waals surface area (Å²) in [6.45, 7) is 1.55. The summed E-state index contributed by atoms with van der Waals surface area (Å²) in [5, 5.41) is 12.4. The summed E-state index contributed by atoms with van der Waals surface area (Å²) in [6.07, 6.45) is 0. The molecule has 0 aliphatic rings. The molecule has 152 valence electrons. The van der Waals surface area contributed by atoms with E-state index >= 15 is 4.39 Å². The lowest BCUT2D eigenvalue weighted by molar-refractivity contribution is -0.117. The zero-order valence-electron chi connectivity index (χ0n) is 15.5. The number of hydrogen-bond donors (Lipinski definition) is 1. The van der Waals surface area contributed by atoms with Crippen LogP contribution in [0.5, 0.6) is 11.5 Å². The van der Waals surface area contributed by atoms with Crippen molar-refractivity contribution in [1.82, 2.24) is 0 Å². The van der Waals surface area contributed by atoms with Crippen molar-refractivity contribution in [2.45, 2.75) is 12.8 Å². The first-order valence-electron chi connectivity index (χ1n) is 8.72. The Labute approximate surface area is 187 Å². The van der Waals surface area contributed by atoms with E-state index in [0.717, 1.165) is 0 Å². The third-order valence-electron chi connectivity index (χ3n) is 4.29. The minimum absolute atomic E-state index is 0.00782. The lowest BCUT2D eigenvalue weighted by Crippen LogP contribution is -2.20. The molecule has 1 N–H and O–H groups in total. The first-order chi connectivity index (χ1) is 14.3. The minimum Gasteiger partial charge on any atom is -0.453 e. The molecule has 8 heteroatoms. The Morgan fingerprint density at radius 2 is 1.83 bits per heavy atom. The van der Waals surface area contributed by atoms with Gasteiger partial charge in [-0.05, 0) is 43.3 Å². The number of nitriles is 1. The van der Waals surface area contributed by atoms with Crippen LogP contribution < -0.4 is 10.1 Å². The van der Waals surface area contributed by atoms with Gasteiger partial charge in [0.1, 0.15) is 5.75 Å². The third kappa shape index (κ3) is 4.85. The SMILES string of the molecule is CC(C(=O)Nc1ccccc1Cl)c1ccc(Cl)c(Oc2cc(Cl)cc(C#N)c2)c1F. The van der Waals surface area contributed by atoms with E-state index in [-0.39, 0.29) is 32.7 Å². The molecule has 0 heterocycles. The molecule has 1 atom stereocenters. The predicted octanol–water partition coefficient (Wildman–Crippen LogP) is 7.19. The van der Waals surface area contributed by atoms with Crippen molar-refractivity contribution in [3.05, 3.63) is 86.6 Å². The number of nitrogens with one attached hydrogen (secondary N) is 1. The van der Waals surface area contributed by atoms with Crippen molar-refractivity contribution in [3.8, 4) is 17.6 Å². The number of benzene rings is 3. The fourth-order valence-corrected chi connectivity index (χ4v) is 3.32. The molecule has 0 aromatic heterocycles. The smallest absolute Gasteiger partial charge is 0.231 e. The summed E-state index contributed by atoms with van der Waals surface area (Å²) in [5.74, 6) is -2.23. The molecule has 0 fully saturated rings. The van der Waals surface area contributed by atoms with Crippen molar-refractivity contribution in [2.75, 3.05) is 5.32 Å². The number of ether oxygens (including phenoxy) is 1. The van der Waals surface area contributed by atoms with Gasteiger partial charge in [0.2, 0.25) is 5.91 Å². The molecule has 0 aliphatic carbocycles. The summed E-state index contributed by atoms with van der Waals surface area (Å²) >= 11 is 18.1. The van der Waals surface area contributed by atoms with Crippen LogP contribution in [0.2, 0.25) is 15.1 Å². The van der Waals surface area contributed by atoms with Crippen molar-refractivity contribution in [2.24, 2.45) is 0 Å². The predicted molar refractivity (Wildman–Crippen MR) is 116 cm³/mol. The van der Waals surface area contributed by atoms with Gasteiger partial charge in [-0.1, -0.05) is 53.0 Å². The fourth-order valence-electron chi connectivity index (χ4n) is 2.72. The van der Waals surface area contributed by atoms with Gasteiger partial charge in [0, 0.05) is 10.6 Å². The molecule has 4 nitrogen and oxygen atoms in total. The highest BCUT2D eigenvalue weighted by Crippen LogP contribution is 2.37. The maximum absolute atomic E-state index is 15.2. The van der Waals surface area contributed by atoms with Gasteiger partial charge in [0.05, 0.1) is 33.3 Å². The van der Waals surface area contributed by atoms with Crippen LogP contribution in [0.4, 0.5) is 10.1 Å². The second-order valence-corrected chi connectivity index (χ2v) is 7.61. The number of amides is 1. The van der Waals surface area contributed by atoms with Crippen molar-refractivity contribution >= 4 is 46.4 Å². The van der Waals surface area contributed by atoms with E-state index in [0.29, 0.717) is 10.7 Å². The van der Waals surface area contributed by atoms with Gasteiger partial charge < -0.3 is 10.1 Å². The Bertz CT molecular complexity index is 1160. The van der Waals surface area contributed by atoms with Gasteiger partial charge in [0.25, 0.3) is 0 Å². The largest absolute Gasteiger partial charge is 0.453 e. The van der Waals surface area contributed by atoms with E-state index in [9.17, 15) is 4.79 Å². The zero-order valence-corrected chi connectivity index (χ0v) is 17.8. The van der Waals surface area contributed by atoms with Gasteiger partial charge >= 0.3 is 0 Å². The van der Waals surface area contributed by atoms with Crippen LogP contribution in [0.3, 0.4) is 0 Å². The van der Waals surface area contributed by atoms with Crippen LogP contribution in [0.15, 0.2) is 54.6 Å². The van der Waals surface area contributed by atoms with Crippen LogP contribution in [0, 0.1) is 17.1 Å². The standard InChI is InChI=1S/C22H14Cl3FN2O2/c1-12(22(29)28-19-5-3-2-4-17(19)24)16-6-7-18(25)21(20(16)26)30-15-9-13(11-27)8-14(23)10-15/h2-10,12H,1H3,(H,28,29). The number of hydrogen-bond acceptors (Lipinski definition) is 3. The normalized spacial score (nSPS) is 11.5. The van der Waals surface area contributed by atoms with Crippen LogP contribution in [-0.4, -0.2) is 5.91 Å². The molecular weight excluding hydrogens is 450 g/mol. The number of halogens is 4. The summed E-state index contributed by atoms with van der Waals surface area (Å²) < 4.78 is 20.8. The number of carbonyl (C=O) groups is 1. The minimum atomic E-state index is -0.866. The van der Waals surface area contributed by atoms with Crippen LogP contribution in [-0.2, 0) is 4.79 Å². The molecule has 1 unspecified atom stereocenters. The Morgan fingerprint density at radius 1 is 1.10 bits per heavy atom. The average molecular weight is 464 g/mol. The Balaban J connectivity index is 1.90. The Morgan fingerprint density at radius 3 is 2.53 bits per heavy atom. The molecule has 3 aromatic carbocycles. The molecule has 30 heavy (non-hydrogen) atoms. The third-order valence-corrected chi connectivity index (χ3v) is 5.14. The van der Waals surface area contributed by atoms with Crippen molar-refractivity contribution in [3.63, 3.8) is 0 Å². The average Bonchev–Trinajstić information content (AvgIpc) is 2.72. The number of para-hydroxylation sites is 1. The first-order valence-corrected chi connectivity index (χ1v) is 9.85. The van der Waals surface area contributed by atoms with Crippen LogP contribution in [0.1, 0.15) is 24.0 Å². The highest BCUT2D eigenvalue weighted by atomic mass is 35.5. The second kappa shape index (κ2) is 9.36. The highest BCUT2D eigenvalue weighted by molar-refractivity contribution is 6.33. The summed E-state index contributed by atoms with van der Waals surface area (Å²) in [5.41, 5.74) is 0.754. The van der Waals surface area contributed by atoms with Gasteiger partial charge in [0.15, 0.2) is 11.6 Å². The quantitative estimate of drug-likeness (QED) is 0.435. The van der Waals surface area contributed by atoms with Crippen LogP contribution in [0.25, 0.3) is 0 Å². The summed E-state index contributed by atoms with van der Waals surface area (Å²) in [6, 6.07) is 15.8. The number of nitrogens with zero attached hydrogens (tertiary/aromatic N) is 1. The number of carbonyl (C=O) groups excluding carboxylic acids is 1. The maximum atomic E-state index is 15.2. The lowest BCUT2D eigenvalue weighted by Gasteiger charge is -2.17. The van der Waals surface area contributed by atoms with Gasteiger partial charge in [-0.15, -0.1) is 0 Å². The molecule has 3 rings (SSSR count). The highest BCUT2D eigenvalue weighted by Gasteiger charge is 2.24. The number of rotatable bonds is 5. The molecule has 3 aromatic rings. The van der Waals surface area contributed by atoms with Gasteiger partial charge in [-0.2, -0.15) is 5.26 Å². The lowest BCUT2D eigenvalue weighted by atomic mass is 9.99. The molecule has 0 saturated heterocycles. The van der Waals surface area contributed by atoms with E-state index < -0.39 is 17.6 Å². The fraction of sp³-hybridized carbons (Fsp3) is 0.0909. The zero-order chi connectivity index (χ0) is 21.8. The molecule has 0 saturated carbocycles. The Hall–Kier alpha value is -2.78. The van der Waals surface area contributed by atoms with E-state index in [1.165, 1.54) is 30.3 Å². The van der Waals surface area contributed by atoms with E-state index in [2.05, 4.69) is 5.32 Å². The Kier molecular flexibility index (Phi) is 6.84. The van der Waals surface area contributed by atoms with E-state index in [1.807, 2.05) is 6.07 Å². The first kappa shape index (κ1) is 21.9. The molecule has 1 amide bonds. The van der Waals surface area contributed by atoms with Crippen molar-refractivity contribution < 1.29 is 13.9 Å². The molecule has 0 radical (unpaired) electrons. The summed E-state index contributed by atoms with van der Waals surface area (Å²) in [7, 11) is 0. The van der Waals surface area contributed by atoms with Gasteiger partial charge in [-0.3, -0.25) is 4.79 Å². The molecule has 0 spiro atoms. The van der Waals surface area contributed by atoms with E-state index in [4.69, 9.17) is 44.8 Å². The number of anilines is 1. The molecular formula is C22H14Cl3FN2O2. The summed E-state index contributed by atoms with van der Waals surface area (Å²) in [4.78, 5) is 12.6. The molecule has 0 bridgehead atoms. The maximum Gasteiger partial charge on any atom is 0.231 e. The topological polar surface area (TPSA) is 62.1 Å². The van der Waals surface area contributed by atoms with Crippen molar-refractivity contribution in [1.29, 1.82) is 5.26 Å². The van der Waals surface area contributed by atoms with Crippen LogP contribution >= 0.6 is 34.8 Å². The monoisotopic (exact) mass is 462 g/mol.